The number of anilines is 1. The van der Waals surface area contributed by atoms with Crippen LogP contribution in [0.15, 0.2) is 72.9 Å². The number of halogens is 1. The molecule has 3 heterocycles. The first kappa shape index (κ1) is 21.6. The van der Waals surface area contributed by atoms with Crippen molar-refractivity contribution in [3.63, 3.8) is 0 Å². The summed E-state index contributed by atoms with van der Waals surface area (Å²) in [5, 5.41) is 4.65. The molecule has 0 unspecified atom stereocenters. The molecule has 2 aromatic heterocycles. The Balaban J connectivity index is 1.26. The number of carbonyl (C=O) groups is 1. The van der Waals surface area contributed by atoms with Crippen LogP contribution in [-0.2, 0) is 6.54 Å². The SMILES string of the molecule is O=C(Nc1ccc2nc(CN3CCCCC3)ccc2c1)c1ccc(-c2ccc(Cl)cc2)nc1. The predicted octanol–water partition coefficient (Wildman–Crippen LogP) is 6.19. The fraction of sp³-hybridized carbons (Fsp3) is 0.222. The van der Waals surface area contributed by atoms with Crippen molar-refractivity contribution in [2.24, 2.45) is 0 Å². The molecule has 1 fully saturated rings. The Morgan fingerprint density at radius 3 is 2.52 bits per heavy atom. The summed E-state index contributed by atoms with van der Waals surface area (Å²) in [6, 6.07) is 21.1. The number of likely N-dealkylation sites (tertiary alicyclic amines) is 1. The molecule has 0 spiro atoms. The number of carbonyl (C=O) groups excluding carboxylic acids is 1. The van der Waals surface area contributed by atoms with Gasteiger partial charge >= 0.3 is 0 Å². The maximum Gasteiger partial charge on any atom is 0.257 e. The molecule has 5 rings (SSSR count). The zero-order valence-corrected chi connectivity index (χ0v) is 19.1. The van der Waals surface area contributed by atoms with Crippen LogP contribution in [0.4, 0.5) is 5.69 Å². The van der Waals surface area contributed by atoms with E-state index in [4.69, 9.17) is 16.6 Å². The molecular formula is C27H25ClN4O. The number of hydrogen-bond acceptors (Lipinski definition) is 4. The maximum atomic E-state index is 12.7. The summed E-state index contributed by atoms with van der Waals surface area (Å²) in [4.78, 5) is 24.4. The van der Waals surface area contributed by atoms with Crippen LogP contribution in [0.3, 0.4) is 0 Å². The quantitative estimate of drug-likeness (QED) is 0.389. The number of piperidine rings is 1. The van der Waals surface area contributed by atoms with Crippen LogP contribution in [0.25, 0.3) is 22.2 Å². The summed E-state index contributed by atoms with van der Waals surface area (Å²) in [6.07, 6.45) is 5.47. The molecule has 1 N–H and O–H groups in total. The molecule has 166 valence electrons. The van der Waals surface area contributed by atoms with Crippen molar-refractivity contribution in [2.75, 3.05) is 18.4 Å². The van der Waals surface area contributed by atoms with Gasteiger partial charge in [0.05, 0.1) is 22.5 Å². The summed E-state index contributed by atoms with van der Waals surface area (Å²) in [5.41, 5.74) is 5.01. The van der Waals surface area contributed by atoms with Crippen molar-refractivity contribution < 1.29 is 4.79 Å². The van der Waals surface area contributed by atoms with Gasteiger partial charge in [0.2, 0.25) is 0 Å². The third-order valence-electron chi connectivity index (χ3n) is 6.00. The van der Waals surface area contributed by atoms with Gasteiger partial charge in [0.25, 0.3) is 5.91 Å². The van der Waals surface area contributed by atoms with Gasteiger partial charge in [0.15, 0.2) is 0 Å². The Morgan fingerprint density at radius 2 is 1.76 bits per heavy atom. The van der Waals surface area contributed by atoms with Gasteiger partial charge in [0, 0.05) is 34.4 Å². The minimum atomic E-state index is -0.195. The minimum absolute atomic E-state index is 0.195. The maximum absolute atomic E-state index is 12.7. The number of nitrogens with one attached hydrogen (secondary N) is 1. The third-order valence-corrected chi connectivity index (χ3v) is 6.26. The number of pyridine rings is 2. The molecule has 1 aliphatic heterocycles. The summed E-state index contributed by atoms with van der Waals surface area (Å²) in [6.45, 7) is 3.20. The Labute approximate surface area is 198 Å². The second-order valence-electron chi connectivity index (χ2n) is 8.44. The molecule has 4 aromatic rings. The van der Waals surface area contributed by atoms with Crippen molar-refractivity contribution in [3.05, 3.63) is 89.2 Å². The molecule has 33 heavy (non-hydrogen) atoms. The standard InChI is InChI=1S/C27H25ClN4O/c28-22-8-4-19(5-9-22)25-12-7-21(17-29-25)27(33)31-23-11-13-26-20(16-23)6-10-24(30-26)18-32-14-2-1-3-15-32/h4-13,16-17H,1-3,14-15,18H2,(H,31,33). The van der Waals surface area contributed by atoms with E-state index in [2.05, 4.69) is 27.3 Å². The Morgan fingerprint density at radius 1 is 0.939 bits per heavy atom. The number of fused-ring (bicyclic) bond motifs is 1. The smallest absolute Gasteiger partial charge is 0.257 e. The third kappa shape index (κ3) is 5.21. The van der Waals surface area contributed by atoms with Gasteiger partial charge in [-0.05, 0) is 74.5 Å². The number of benzene rings is 2. The largest absolute Gasteiger partial charge is 0.322 e. The van der Waals surface area contributed by atoms with Gasteiger partial charge in [-0.25, -0.2) is 0 Å². The van der Waals surface area contributed by atoms with Crippen molar-refractivity contribution >= 4 is 34.1 Å². The Bertz CT molecular complexity index is 1270. The lowest BCUT2D eigenvalue weighted by Gasteiger charge is -2.26. The molecule has 1 saturated heterocycles. The molecule has 0 saturated carbocycles. The van der Waals surface area contributed by atoms with E-state index in [0.29, 0.717) is 10.6 Å². The summed E-state index contributed by atoms with van der Waals surface area (Å²) in [5.74, 6) is -0.195. The van der Waals surface area contributed by atoms with Crippen molar-refractivity contribution in [1.29, 1.82) is 0 Å². The lowest BCUT2D eigenvalue weighted by Crippen LogP contribution is -2.29. The predicted molar refractivity (Wildman–Crippen MR) is 134 cm³/mol. The monoisotopic (exact) mass is 456 g/mol. The topological polar surface area (TPSA) is 58.1 Å². The van der Waals surface area contributed by atoms with E-state index in [9.17, 15) is 4.79 Å². The molecule has 1 aliphatic rings. The number of hydrogen-bond donors (Lipinski definition) is 1. The highest BCUT2D eigenvalue weighted by atomic mass is 35.5. The number of rotatable bonds is 5. The fourth-order valence-electron chi connectivity index (χ4n) is 4.20. The number of amides is 1. The molecule has 0 aliphatic carbocycles. The lowest BCUT2D eigenvalue weighted by molar-refractivity contribution is 0.102. The second kappa shape index (κ2) is 9.69. The molecule has 0 bridgehead atoms. The average molecular weight is 457 g/mol. The van der Waals surface area contributed by atoms with Crippen molar-refractivity contribution in [2.45, 2.75) is 25.8 Å². The van der Waals surface area contributed by atoms with Gasteiger partial charge < -0.3 is 5.32 Å². The molecule has 0 atom stereocenters. The fourth-order valence-corrected chi connectivity index (χ4v) is 4.33. The zero-order chi connectivity index (χ0) is 22.6. The number of aromatic nitrogens is 2. The van der Waals surface area contributed by atoms with E-state index in [1.165, 1.54) is 19.3 Å². The van der Waals surface area contributed by atoms with Gasteiger partial charge in [-0.1, -0.05) is 36.2 Å². The molecular weight excluding hydrogens is 432 g/mol. The van der Waals surface area contributed by atoms with Crippen LogP contribution in [0.1, 0.15) is 35.3 Å². The first-order chi connectivity index (χ1) is 16.1. The Hall–Kier alpha value is -3.28. The molecule has 5 nitrogen and oxygen atoms in total. The average Bonchev–Trinajstić information content (AvgIpc) is 2.85. The minimum Gasteiger partial charge on any atom is -0.322 e. The summed E-state index contributed by atoms with van der Waals surface area (Å²) >= 11 is 5.95. The molecule has 0 radical (unpaired) electrons. The van der Waals surface area contributed by atoms with E-state index < -0.39 is 0 Å². The van der Waals surface area contributed by atoms with Crippen LogP contribution in [0, 0.1) is 0 Å². The summed E-state index contributed by atoms with van der Waals surface area (Å²) < 4.78 is 0. The van der Waals surface area contributed by atoms with Crippen LogP contribution in [-0.4, -0.2) is 33.9 Å². The number of nitrogens with zero attached hydrogens (tertiary/aromatic N) is 3. The van der Waals surface area contributed by atoms with E-state index in [-0.39, 0.29) is 5.91 Å². The lowest BCUT2D eigenvalue weighted by atomic mass is 10.1. The molecule has 2 aromatic carbocycles. The van der Waals surface area contributed by atoms with Crippen LogP contribution < -0.4 is 5.32 Å². The van der Waals surface area contributed by atoms with Crippen LogP contribution >= 0.6 is 11.6 Å². The van der Waals surface area contributed by atoms with Gasteiger partial charge in [0.1, 0.15) is 0 Å². The normalized spacial score (nSPS) is 14.3. The van der Waals surface area contributed by atoms with Gasteiger partial charge in [-0.15, -0.1) is 0 Å². The van der Waals surface area contributed by atoms with Gasteiger partial charge in [-0.3, -0.25) is 19.7 Å². The van der Waals surface area contributed by atoms with Crippen molar-refractivity contribution in [1.82, 2.24) is 14.9 Å². The highest BCUT2D eigenvalue weighted by Crippen LogP contribution is 2.22. The molecule has 6 heteroatoms. The van der Waals surface area contributed by atoms with Gasteiger partial charge in [-0.2, -0.15) is 0 Å². The zero-order valence-electron chi connectivity index (χ0n) is 18.3. The first-order valence-electron chi connectivity index (χ1n) is 11.3. The first-order valence-corrected chi connectivity index (χ1v) is 11.7. The summed E-state index contributed by atoms with van der Waals surface area (Å²) in [7, 11) is 0. The van der Waals surface area contributed by atoms with E-state index >= 15 is 0 Å². The van der Waals surface area contributed by atoms with E-state index in [1.54, 1.807) is 12.3 Å². The second-order valence-corrected chi connectivity index (χ2v) is 8.88. The highest BCUT2D eigenvalue weighted by Gasteiger charge is 2.12. The molecule has 1 amide bonds. The van der Waals surface area contributed by atoms with Crippen molar-refractivity contribution in [3.8, 4) is 11.3 Å². The highest BCUT2D eigenvalue weighted by molar-refractivity contribution is 6.30. The van der Waals surface area contributed by atoms with E-state index in [1.807, 2.05) is 48.5 Å². The van der Waals surface area contributed by atoms with E-state index in [0.717, 1.165) is 53.2 Å². The van der Waals surface area contributed by atoms with Crippen LogP contribution in [0.5, 0.6) is 0 Å². The Kier molecular flexibility index (Phi) is 6.33. The van der Waals surface area contributed by atoms with Crippen LogP contribution in [0.2, 0.25) is 5.02 Å².